The van der Waals surface area contributed by atoms with Gasteiger partial charge < -0.3 is 15.0 Å². The van der Waals surface area contributed by atoms with Crippen LogP contribution in [-0.4, -0.2) is 37.7 Å². The van der Waals surface area contributed by atoms with E-state index in [1.807, 2.05) is 18.2 Å². The van der Waals surface area contributed by atoms with E-state index in [0.29, 0.717) is 6.54 Å². The van der Waals surface area contributed by atoms with Crippen molar-refractivity contribution >= 4 is 11.6 Å². The van der Waals surface area contributed by atoms with Crippen LogP contribution in [0.3, 0.4) is 0 Å². The summed E-state index contributed by atoms with van der Waals surface area (Å²) in [4.78, 5) is 13.4. The second-order valence-electron chi connectivity index (χ2n) is 5.94. The van der Waals surface area contributed by atoms with Crippen LogP contribution in [0.15, 0.2) is 18.2 Å². The molecule has 2 rings (SSSR count). The number of carbonyl (C=O) groups excluding carboxylic acids is 1. The first-order chi connectivity index (χ1) is 9.44. The van der Waals surface area contributed by atoms with Gasteiger partial charge in [0.1, 0.15) is 25.3 Å². The Balaban J connectivity index is 1.90. The van der Waals surface area contributed by atoms with Gasteiger partial charge in [-0.2, -0.15) is 0 Å². The summed E-state index contributed by atoms with van der Waals surface area (Å²) in [6, 6.07) is 6.02. The van der Waals surface area contributed by atoms with E-state index in [-0.39, 0.29) is 18.1 Å². The molecule has 0 radical (unpaired) electrons. The third-order valence-corrected chi connectivity index (χ3v) is 3.82. The van der Waals surface area contributed by atoms with Gasteiger partial charge in [-0.15, -0.1) is 0 Å². The van der Waals surface area contributed by atoms with Crippen LogP contribution < -0.4 is 10.2 Å². The highest BCUT2D eigenvalue weighted by Gasteiger charge is 2.27. The topological polar surface area (TPSA) is 42.8 Å². The first-order valence-electron chi connectivity index (χ1n) is 7.30. The smallest absolute Gasteiger partial charge is 0.279 e. The molecule has 110 valence electrons. The lowest BCUT2D eigenvalue weighted by Crippen LogP contribution is -3.16. The molecule has 0 spiro atoms. The minimum Gasteiger partial charge on any atom is -0.364 e. The summed E-state index contributed by atoms with van der Waals surface area (Å²) in [5.74, 6) is 0.0737. The highest BCUT2D eigenvalue weighted by molar-refractivity contribution is 5.91. The zero-order chi connectivity index (χ0) is 14.7. The molecule has 0 unspecified atom stereocenters. The highest BCUT2D eigenvalue weighted by Crippen LogP contribution is 2.13. The molecule has 4 nitrogen and oxygen atoms in total. The van der Waals surface area contributed by atoms with E-state index in [1.165, 1.54) is 16.0 Å². The molecule has 4 heteroatoms. The number of rotatable bonds is 3. The maximum Gasteiger partial charge on any atom is 0.279 e. The number of quaternary nitrogens is 1. The van der Waals surface area contributed by atoms with Crippen molar-refractivity contribution in [1.82, 2.24) is 0 Å². The Bertz CT molecular complexity index is 477. The van der Waals surface area contributed by atoms with E-state index in [2.05, 4.69) is 33.0 Å². The van der Waals surface area contributed by atoms with Crippen molar-refractivity contribution in [1.29, 1.82) is 0 Å². The number of ether oxygens (including phenoxy) is 1. The fraction of sp³-hybridized carbons (Fsp3) is 0.562. The third kappa shape index (κ3) is 4.05. The summed E-state index contributed by atoms with van der Waals surface area (Å²) in [6.07, 6.45) is 0.450. The lowest BCUT2D eigenvalue weighted by atomic mass is 10.1. The number of carbonyl (C=O) groups is 1. The molecule has 1 fully saturated rings. The fourth-order valence-corrected chi connectivity index (χ4v) is 2.78. The number of aryl methyl sites for hydroxylation is 2. The molecular formula is C16H25N2O2+. The Labute approximate surface area is 121 Å². The van der Waals surface area contributed by atoms with Crippen LogP contribution in [0.4, 0.5) is 5.69 Å². The van der Waals surface area contributed by atoms with E-state index in [1.54, 1.807) is 0 Å². The summed E-state index contributed by atoms with van der Waals surface area (Å²) >= 11 is 0. The average molecular weight is 277 g/mol. The maximum absolute atomic E-state index is 12.1. The molecule has 2 N–H and O–H groups in total. The van der Waals surface area contributed by atoms with Crippen molar-refractivity contribution in [3.05, 3.63) is 29.3 Å². The van der Waals surface area contributed by atoms with E-state index in [9.17, 15) is 4.79 Å². The lowest BCUT2D eigenvalue weighted by molar-refractivity contribution is -0.907. The van der Waals surface area contributed by atoms with Crippen molar-refractivity contribution in [2.24, 2.45) is 0 Å². The Morgan fingerprint density at radius 1 is 1.25 bits per heavy atom. The van der Waals surface area contributed by atoms with Crippen LogP contribution >= 0.6 is 0 Å². The minimum absolute atomic E-state index is 0.0737. The molecule has 20 heavy (non-hydrogen) atoms. The van der Waals surface area contributed by atoms with Gasteiger partial charge in [-0.1, -0.05) is 6.07 Å². The van der Waals surface area contributed by atoms with Crippen molar-refractivity contribution in [2.75, 3.05) is 25.0 Å². The van der Waals surface area contributed by atoms with Gasteiger partial charge in [0, 0.05) is 5.69 Å². The van der Waals surface area contributed by atoms with Gasteiger partial charge >= 0.3 is 0 Å². The zero-order valence-corrected chi connectivity index (χ0v) is 12.8. The van der Waals surface area contributed by atoms with Crippen molar-refractivity contribution in [2.45, 2.75) is 39.9 Å². The maximum atomic E-state index is 12.1. The van der Waals surface area contributed by atoms with Gasteiger partial charge in [0.2, 0.25) is 0 Å². The van der Waals surface area contributed by atoms with Crippen molar-refractivity contribution in [3.63, 3.8) is 0 Å². The van der Waals surface area contributed by atoms with E-state index < -0.39 is 0 Å². The number of amides is 1. The minimum atomic E-state index is 0.0737. The van der Waals surface area contributed by atoms with Gasteiger partial charge in [0.05, 0.1) is 0 Å². The van der Waals surface area contributed by atoms with Crippen LogP contribution in [0.1, 0.15) is 25.0 Å². The molecule has 0 aliphatic carbocycles. The van der Waals surface area contributed by atoms with E-state index in [4.69, 9.17) is 4.74 Å². The molecule has 1 aliphatic heterocycles. The molecule has 2 atom stereocenters. The van der Waals surface area contributed by atoms with E-state index in [0.717, 1.165) is 18.8 Å². The number of hydrogen-bond donors (Lipinski definition) is 2. The highest BCUT2D eigenvalue weighted by atomic mass is 16.5. The molecule has 1 heterocycles. The fourth-order valence-electron chi connectivity index (χ4n) is 2.78. The number of hydrogen-bond acceptors (Lipinski definition) is 2. The molecule has 1 aromatic rings. The van der Waals surface area contributed by atoms with Gasteiger partial charge in [-0.3, -0.25) is 4.79 Å². The Hall–Kier alpha value is -1.39. The normalized spacial score (nSPS) is 26.3. The average Bonchev–Trinajstić information content (AvgIpc) is 2.32. The quantitative estimate of drug-likeness (QED) is 0.863. The molecule has 0 aromatic heterocycles. The van der Waals surface area contributed by atoms with Crippen LogP contribution in [0.5, 0.6) is 0 Å². The van der Waals surface area contributed by atoms with Gasteiger partial charge in [0.25, 0.3) is 5.91 Å². The zero-order valence-electron chi connectivity index (χ0n) is 12.8. The summed E-state index contributed by atoms with van der Waals surface area (Å²) in [6.45, 7) is 10.6. The summed E-state index contributed by atoms with van der Waals surface area (Å²) in [5, 5.41) is 2.99. The summed E-state index contributed by atoms with van der Waals surface area (Å²) in [7, 11) is 0. The lowest BCUT2D eigenvalue weighted by Gasteiger charge is -2.31. The number of nitrogens with one attached hydrogen (secondary N) is 2. The molecule has 1 saturated heterocycles. The van der Waals surface area contributed by atoms with Crippen LogP contribution in [0.2, 0.25) is 0 Å². The van der Waals surface area contributed by atoms with Crippen LogP contribution in [0.25, 0.3) is 0 Å². The SMILES string of the molecule is Cc1ccc(NC(=O)C[NH+]2C[C@H](C)O[C@@H](C)C2)cc1C. The number of anilines is 1. The Kier molecular flexibility index (Phi) is 4.78. The largest absolute Gasteiger partial charge is 0.364 e. The molecular weight excluding hydrogens is 252 g/mol. The molecule has 0 bridgehead atoms. The molecule has 1 aliphatic rings. The second-order valence-corrected chi connectivity index (χ2v) is 5.94. The van der Waals surface area contributed by atoms with Crippen LogP contribution in [-0.2, 0) is 9.53 Å². The number of benzene rings is 1. The molecule has 0 saturated carbocycles. The Morgan fingerprint density at radius 3 is 2.50 bits per heavy atom. The second kappa shape index (κ2) is 6.37. The van der Waals surface area contributed by atoms with E-state index >= 15 is 0 Å². The third-order valence-electron chi connectivity index (χ3n) is 3.82. The Morgan fingerprint density at radius 2 is 1.90 bits per heavy atom. The number of morpholine rings is 1. The monoisotopic (exact) mass is 277 g/mol. The van der Waals surface area contributed by atoms with Crippen LogP contribution in [0, 0.1) is 13.8 Å². The predicted octanol–water partition coefficient (Wildman–Crippen LogP) is 0.934. The van der Waals surface area contributed by atoms with Crippen molar-refractivity contribution in [3.8, 4) is 0 Å². The first-order valence-corrected chi connectivity index (χ1v) is 7.30. The first kappa shape index (κ1) is 15.0. The molecule has 1 aromatic carbocycles. The predicted molar refractivity (Wildman–Crippen MR) is 80.1 cm³/mol. The van der Waals surface area contributed by atoms with Crippen molar-refractivity contribution < 1.29 is 14.4 Å². The van der Waals surface area contributed by atoms with Gasteiger partial charge in [-0.25, -0.2) is 0 Å². The van der Waals surface area contributed by atoms with Gasteiger partial charge in [0.15, 0.2) is 6.54 Å². The van der Waals surface area contributed by atoms with Gasteiger partial charge in [-0.05, 0) is 51.0 Å². The molecule has 1 amide bonds. The summed E-state index contributed by atoms with van der Waals surface area (Å²) < 4.78 is 5.69. The summed E-state index contributed by atoms with van der Waals surface area (Å²) in [5.41, 5.74) is 3.32. The standard InChI is InChI=1S/C16H24N2O2/c1-11-5-6-15(7-12(11)2)17-16(19)10-18-8-13(3)20-14(4)9-18/h5-7,13-14H,8-10H2,1-4H3,(H,17,19)/p+1/t13-,14-/m0/s1.